The Morgan fingerprint density at radius 1 is 1.17 bits per heavy atom. The Labute approximate surface area is 108 Å². The molecule has 4 heteroatoms. The molecule has 0 aromatic heterocycles. The topological polar surface area (TPSA) is 49.4 Å². The lowest BCUT2D eigenvalue weighted by Gasteiger charge is -2.25. The molecule has 18 heavy (non-hydrogen) atoms. The number of nitrogens with zero attached hydrogens (tertiary/aromatic N) is 1. The van der Waals surface area contributed by atoms with Gasteiger partial charge >= 0.3 is 0 Å². The van der Waals surface area contributed by atoms with Gasteiger partial charge in [0.1, 0.15) is 5.41 Å². The minimum absolute atomic E-state index is 0.0472. The molecule has 1 heterocycles. The van der Waals surface area contributed by atoms with Crippen molar-refractivity contribution in [3.05, 3.63) is 12.7 Å². The van der Waals surface area contributed by atoms with Gasteiger partial charge in [0.25, 0.3) is 0 Å². The highest BCUT2D eigenvalue weighted by atomic mass is 16.2. The van der Waals surface area contributed by atoms with Crippen LogP contribution in [-0.2, 0) is 9.59 Å². The molecule has 1 N–H and O–H groups in total. The SMILES string of the molecule is C=CCNC(=O)C1(C(=O)N2CCCCCC2)CC1. The maximum absolute atomic E-state index is 12.5. The van der Waals surface area contributed by atoms with Crippen LogP contribution in [-0.4, -0.2) is 36.3 Å². The molecule has 2 fully saturated rings. The fourth-order valence-electron chi connectivity index (χ4n) is 2.57. The van der Waals surface area contributed by atoms with E-state index >= 15 is 0 Å². The van der Waals surface area contributed by atoms with Gasteiger partial charge in [0.05, 0.1) is 0 Å². The Hall–Kier alpha value is -1.32. The van der Waals surface area contributed by atoms with Crippen LogP contribution in [0.4, 0.5) is 0 Å². The van der Waals surface area contributed by atoms with Gasteiger partial charge in [0.15, 0.2) is 0 Å². The zero-order valence-corrected chi connectivity index (χ0v) is 10.9. The Bertz CT molecular complexity index is 340. The van der Waals surface area contributed by atoms with Gasteiger partial charge in [-0.1, -0.05) is 18.9 Å². The zero-order chi connectivity index (χ0) is 13.0. The Kier molecular flexibility index (Phi) is 4.04. The van der Waals surface area contributed by atoms with E-state index in [1.165, 1.54) is 12.8 Å². The first-order chi connectivity index (χ1) is 8.70. The third-order valence-electron chi connectivity index (χ3n) is 3.89. The van der Waals surface area contributed by atoms with Crippen LogP contribution in [0.25, 0.3) is 0 Å². The normalized spacial score (nSPS) is 21.9. The van der Waals surface area contributed by atoms with Gasteiger partial charge in [-0.2, -0.15) is 0 Å². The van der Waals surface area contributed by atoms with E-state index in [-0.39, 0.29) is 11.8 Å². The standard InChI is InChI=1S/C14H22N2O2/c1-2-9-15-12(17)14(7-8-14)13(18)16-10-5-3-4-6-11-16/h2H,1,3-11H2,(H,15,17). The van der Waals surface area contributed by atoms with Crippen molar-refractivity contribution in [1.82, 2.24) is 10.2 Å². The molecular weight excluding hydrogens is 228 g/mol. The molecule has 2 amide bonds. The van der Waals surface area contributed by atoms with Gasteiger partial charge in [0.2, 0.25) is 11.8 Å². The van der Waals surface area contributed by atoms with Crippen LogP contribution >= 0.6 is 0 Å². The third-order valence-corrected chi connectivity index (χ3v) is 3.89. The van der Waals surface area contributed by atoms with Crippen molar-refractivity contribution in [3.63, 3.8) is 0 Å². The summed E-state index contributed by atoms with van der Waals surface area (Å²) in [6, 6.07) is 0. The predicted octanol–water partition coefficient (Wildman–Crippen LogP) is 1.47. The molecule has 2 aliphatic rings. The molecule has 1 saturated carbocycles. The highest BCUT2D eigenvalue weighted by Gasteiger charge is 2.57. The summed E-state index contributed by atoms with van der Waals surface area (Å²) in [5.41, 5.74) is -0.743. The number of rotatable bonds is 4. The highest BCUT2D eigenvalue weighted by molar-refractivity contribution is 6.07. The molecule has 100 valence electrons. The molecule has 0 unspecified atom stereocenters. The van der Waals surface area contributed by atoms with E-state index < -0.39 is 5.41 Å². The molecular formula is C14H22N2O2. The predicted molar refractivity (Wildman–Crippen MR) is 69.9 cm³/mol. The average molecular weight is 250 g/mol. The quantitative estimate of drug-likeness (QED) is 0.607. The minimum atomic E-state index is -0.743. The van der Waals surface area contributed by atoms with Gasteiger partial charge in [0, 0.05) is 19.6 Å². The van der Waals surface area contributed by atoms with E-state index in [4.69, 9.17) is 0 Å². The van der Waals surface area contributed by atoms with Crippen LogP contribution in [0.5, 0.6) is 0 Å². The fraction of sp³-hybridized carbons (Fsp3) is 0.714. The first kappa shape index (κ1) is 13.1. The second-order valence-electron chi connectivity index (χ2n) is 5.29. The molecule has 1 aliphatic carbocycles. The lowest BCUT2D eigenvalue weighted by molar-refractivity contribution is -0.144. The van der Waals surface area contributed by atoms with Crippen LogP contribution in [0.2, 0.25) is 0 Å². The number of likely N-dealkylation sites (tertiary alicyclic amines) is 1. The lowest BCUT2D eigenvalue weighted by Crippen LogP contribution is -2.45. The summed E-state index contributed by atoms with van der Waals surface area (Å²) in [5, 5.41) is 2.77. The number of carbonyl (C=O) groups excluding carboxylic acids is 2. The zero-order valence-electron chi connectivity index (χ0n) is 10.9. The van der Waals surface area contributed by atoms with Crippen LogP contribution in [0.3, 0.4) is 0 Å². The van der Waals surface area contributed by atoms with Crippen LogP contribution in [0.15, 0.2) is 12.7 Å². The molecule has 0 spiro atoms. The van der Waals surface area contributed by atoms with Gasteiger partial charge in [-0.15, -0.1) is 6.58 Å². The number of carbonyl (C=O) groups is 2. The van der Waals surface area contributed by atoms with Crippen LogP contribution in [0.1, 0.15) is 38.5 Å². The van der Waals surface area contributed by atoms with Crippen molar-refractivity contribution >= 4 is 11.8 Å². The molecule has 2 rings (SSSR count). The van der Waals surface area contributed by atoms with E-state index in [0.717, 1.165) is 25.9 Å². The summed E-state index contributed by atoms with van der Waals surface area (Å²) >= 11 is 0. The van der Waals surface area contributed by atoms with E-state index in [0.29, 0.717) is 19.4 Å². The summed E-state index contributed by atoms with van der Waals surface area (Å²) in [6.07, 6.45) is 7.56. The molecule has 4 nitrogen and oxygen atoms in total. The number of hydrogen-bond donors (Lipinski definition) is 1. The summed E-state index contributed by atoms with van der Waals surface area (Å²) in [5.74, 6) is -0.0670. The smallest absolute Gasteiger partial charge is 0.238 e. The highest BCUT2D eigenvalue weighted by Crippen LogP contribution is 2.47. The van der Waals surface area contributed by atoms with Crippen LogP contribution < -0.4 is 5.32 Å². The number of nitrogens with one attached hydrogen (secondary N) is 1. The second-order valence-corrected chi connectivity index (χ2v) is 5.29. The Balaban J connectivity index is 1.98. The molecule has 0 radical (unpaired) electrons. The Morgan fingerprint density at radius 3 is 2.28 bits per heavy atom. The largest absolute Gasteiger partial charge is 0.352 e. The second kappa shape index (κ2) is 5.55. The summed E-state index contributed by atoms with van der Waals surface area (Å²) in [4.78, 5) is 26.4. The molecule has 1 saturated heterocycles. The van der Waals surface area contributed by atoms with Gasteiger partial charge in [-0.25, -0.2) is 0 Å². The van der Waals surface area contributed by atoms with E-state index in [1.54, 1.807) is 6.08 Å². The van der Waals surface area contributed by atoms with E-state index in [2.05, 4.69) is 11.9 Å². The Morgan fingerprint density at radius 2 is 1.78 bits per heavy atom. The van der Waals surface area contributed by atoms with Gasteiger partial charge < -0.3 is 10.2 Å². The summed E-state index contributed by atoms with van der Waals surface area (Å²) < 4.78 is 0. The van der Waals surface area contributed by atoms with Crippen molar-refractivity contribution in [2.75, 3.05) is 19.6 Å². The molecule has 0 atom stereocenters. The maximum atomic E-state index is 12.5. The lowest BCUT2D eigenvalue weighted by atomic mass is 10.0. The molecule has 0 aromatic rings. The summed E-state index contributed by atoms with van der Waals surface area (Å²) in [7, 11) is 0. The summed E-state index contributed by atoms with van der Waals surface area (Å²) in [6.45, 7) is 5.64. The van der Waals surface area contributed by atoms with Crippen molar-refractivity contribution in [3.8, 4) is 0 Å². The van der Waals surface area contributed by atoms with E-state index in [1.807, 2.05) is 4.90 Å². The van der Waals surface area contributed by atoms with Crippen molar-refractivity contribution in [2.45, 2.75) is 38.5 Å². The number of amides is 2. The monoisotopic (exact) mass is 250 g/mol. The van der Waals surface area contributed by atoms with Gasteiger partial charge in [-0.3, -0.25) is 9.59 Å². The first-order valence-electron chi connectivity index (χ1n) is 6.89. The molecule has 0 aromatic carbocycles. The van der Waals surface area contributed by atoms with Crippen LogP contribution in [0, 0.1) is 5.41 Å². The number of hydrogen-bond acceptors (Lipinski definition) is 2. The average Bonchev–Trinajstić information content (AvgIpc) is 3.19. The maximum Gasteiger partial charge on any atom is 0.238 e. The third kappa shape index (κ3) is 2.57. The van der Waals surface area contributed by atoms with E-state index in [9.17, 15) is 9.59 Å². The molecule has 1 aliphatic heterocycles. The van der Waals surface area contributed by atoms with Crippen molar-refractivity contribution in [1.29, 1.82) is 0 Å². The van der Waals surface area contributed by atoms with Crippen molar-refractivity contribution in [2.24, 2.45) is 5.41 Å². The molecule has 0 bridgehead atoms. The fourth-order valence-corrected chi connectivity index (χ4v) is 2.57. The first-order valence-corrected chi connectivity index (χ1v) is 6.89. The minimum Gasteiger partial charge on any atom is -0.352 e. The van der Waals surface area contributed by atoms with Gasteiger partial charge in [-0.05, 0) is 25.7 Å². The van der Waals surface area contributed by atoms with Crippen molar-refractivity contribution < 1.29 is 9.59 Å².